The number of nitrogens with zero attached hydrogens (tertiary/aromatic N) is 2. The topological polar surface area (TPSA) is 78.1 Å². The standard InChI is InChI=1S/C19H17ClN4O2/c20-15-3-1-12(2-4-15)10-24-11-14(8-18(24)25)19(26)22-16-5-6-17-13(7-16)9-21-23-17/h1-7,9,14H,8,10-11H2,(H,21,23)(H,22,26). The van der Waals surface area contributed by atoms with E-state index in [0.29, 0.717) is 23.8 Å². The maximum absolute atomic E-state index is 12.5. The number of carbonyl (C=O) groups is 2. The predicted molar refractivity (Wildman–Crippen MR) is 99.7 cm³/mol. The van der Waals surface area contributed by atoms with E-state index in [1.54, 1.807) is 23.2 Å². The van der Waals surface area contributed by atoms with Crippen molar-refractivity contribution in [1.82, 2.24) is 15.1 Å². The number of rotatable bonds is 4. The average molecular weight is 369 g/mol. The molecule has 7 heteroatoms. The minimum absolute atomic E-state index is 0.00890. The minimum atomic E-state index is -0.352. The number of amides is 2. The van der Waals surface area contributed by atoms with E-state index in [1.807, 2.05) is 30.3 Å². The lowest BCUT2D eigenvalue weighted by Gasteiger charge is -2.16. The molecule has 1 saturated heterocycles. The number of aromatic amines is 1. The predicted octanol–water partition coefficient (Wildman–Crippen LogP) is 3.20. The minimum Gasteiger partial charge on any atom is -0.338 e. The Morgan fingerprint density at radius 2 is 2.08 bits per heavy atom. The molecule has 1 aliphatic heterocycles. The van der Waals surface area contributed by atoms with Gasteiger partial charge in [-0.25, -0.2) is 0 Å². The fourth-order valence-corrected chi connectivity index (χ4v) is 3.30. The van der Waals surface area contributed by atoms with Crippen LogP contribution >= 0.6 is 11.6 Å². The molecular formula is C19H17ClN4O2. The third kappa shape index (κ3) is 3.41. The molecule has 2 heterocycles. The maximum Gasteiger partial charge on any atom is 0.229 e. The smallest absolute Gasteiger partial charge is 0.229 e. The highest BCUT2D eigenvalue weighted by molar-refractivity contribution is 6.30. The number of likely N-dealkylation sites (tertiary alicyclic amines) is 1. The van der Waals surface area contributed by atoms with E-state index < -0.39 is 0 Å². The maximum atomic E-state index is 12.5. The van der Waals surface area contributed by atoms with Crippen LogP contribution in [0.2, 0.25) is 5.02 Å². The van der Waals surface area contributed by atoms with Crippen LogP contribution in [0.1, 0.15) is 12.0 Å². The zero-order chi connectivity index (χ0) is 18.1. The number of nitrogens with one attached hydrogen (secondary N) is 2. The summed E-state index contributed by atoms with van der Waals surface area (Å²) in [4.78, 5) is 26.5. The summed E-state index contributed by atoms with van der Waals surface area (Å²) < 4.78 is 0. The number of hydrogen-bond acceptors (Lipinski definition) is 3. The second kappa shape index (κ2) is 6.80. The Morgan fingerprint density at radius 3 is 2.88 bits per heavy atom. The fourth-order valence-electron chi connectivity index (χ4n) is 3.18. The van der Waals surface area contributed by atoms with Crippen molar-refractivity contribution in [3.8, 4) is 0 Å². The summed E-state index contributed by atoms with van der Waals surface area (Å²) in [6.07, 6.45) is 1.94. The molecule has 6 nitrogen and oxygen atoms in total. The average Bonchev–Trinajstić information content (AvgIpc) is 3.23. The number of anilines is 1. The largest absolute Gasteiger partial charge is 0.338 e. The molecule has 1 aromatic heterocycles. The number of hydrogen-bond donors (Lipinski definition) is 2. The molecule has 1 unspecified atom stereocenters. The molecule has 0 saturated carbocycles. The fraction of sp³-hybridized carbons (Fsp3) is 0.211. The lowest BCUT2D eigenvalue weighted by molar-refractivity contribution is -0.128. The van der Waals surface area contributed by atoms with Gasteiger partial charge < -0.3 is 10.2 Å². The van der Waals surface area contributed by atoms with Gasteiger partial charge in [0.25, 0.3) is 0 Å². The van der Waals surface area contributed by atoms with Crippen molar-refractivity contribution in [1.29, 1.82) is 0 Å². The van der Waals surface area contributed by atoms with Crippen LogP contribution in [0.25, 0.3) is 10.9 Å². The van der Waals surface area contributed by atoms with Gasteiger partial charge in [0.05, 0.1) is 17.6 Å². The quantitative estimate of drug-likeness (QED) is 0.742. The molecule has 0 bridgehead atoms. The van der Waals surface area contributed by atoms with Crippen LogP contribution in [0.4, 0.5) is 5.69 Å². The van der Waals surface area contributed by atoms with Crippen molar-refractivity contribution < 1.29 is 9.59 Å². The van der Waals surface area contributed by atoms with Gasteiger partial charge in [-0.15, -0.1) is 0 Å². The zero-order valence-electron chi connectivity index (χ0n) is 13.9. The van der Waals surface area contributed by atoms with Crippen LogP contribution in [0.5, 0.6) is 0 Å². The van der Waals surface area contributed by atoms with Gasteiger partial charge in [-0.3, -0.25) is 14.7 Å². The van der Waals surface area contributed by atoms with Crippen molar-refractivity contribution in [2.45, 2.75) is 13.0 Å². The van der Waals surface area contributed by atoms with E-state index in [0.717, 1.165) is 16.5 Å². The highest BCUT2D eigenvalue weighted by Crippen LogP contribution is 2.23. The van der Waals surface area contributed by atoms with Crippen LogP contribution in [0.3, 0.4) is 0 Å². The molecule has 1 atom stereocenters. The Hall–Kier alpha value is -2.86. The third-order valence-corrected chi connectivity index (χ3v) is 4.83. The molecule has 2 N–H and O–H groups in total. The normalized spacial score (nSPS) is 17.0. The lowest BCUT2D eigenvalue weighted by atomic mass is 10.1. The number of halogens is 1. The van der Waals surface area contributed by atoms with Crippen LogP contribution in [0.15, 0.2) is 48.7 Å². The van der Waals surface area contributed by atoms with E-state index in [2.05, 4.69) is 15.5 Å². The second-order valence-electron chi connectivity index (χ2n) is 6.46. The first-order chi connectivity index (χ1) is 12.6. The molecule has 2 amide bonds. The SMILES string of the molecule is O=C(Nc1ccc2[nH]ncc2c1)C1CC(=O)N(Cc2ccc(Cl)cc2)C1. The van der Waals surface area contributed by atoms with Gasteiger partial charge in [-0.1, -0.05) is 23.7 Å². The Balaban J connectivity index is 1.40. The van der Waals surface area contributed by atoms with Crippen LogP contribution in [0, 0.1) is 5.92 Å². The Bertz CT molecular complexity index is 967. The van der Waals surface area contributed by atoms with Crippen molar-refractivity contribution in [3.63, 3.8) is 0 Å². The number of fused-ring (bicyclic) bond motifs is 1. The van der Waals surface area contributed by atoms with E-state index in [9.17, 15) is 9.59 Å². The molecule has 0 radical (unpaired) electrons. The van der Waals surface area contributed by atoms with E-state index in [-0.39, 0.29) is 24.2 Å². The summed E-state index contributed by atoms with van der Waals surface area (Å²) in [6.45, 7) is 0.905. The lowest BCUT2D eigenvalue weighted by Crippen LogP contribution is -2.28. The highest BCUT2D eigenvalue weighted by atomic mass is 35.5. The summed E-state index contributed by atoms with van der Waals surface area (Å²) in [5, 5.41) is 11.3. The number of benzene rings is 2. The van der Waals surface area contributed by atoms with Gasteiger partial charge >= 0.3 is 0 Å². The van der Waals surface area contributed by atoms with E-state index in [4.69, 9.17) is 11.6 Å². The zero-order valence-corrected chi connectivity index (χ0v) is 14.7. The Labute approximate surface area is 155 Å². The second-order valence-corrected chi connectivity index (χ2v) is 6.90. The van der Waals surface area contributed by atoms with Gasteiger partial charge in [0.15, 0.2) is 0 Å². The molecule has 0 spiro atoms. The number of carbonyl (C=O) groups excluding carboxylic acids is 2. The van der Waals surface area contributed by atoms with Crippen molar-refractivity contribution >= 4 is 40.0 Å². The number of aromatic nitrogens is 2. The van der Waals surface area contributed by atoms with E-state index in [1.165, 1.54) is 0 Å². The summed E-state index contributed by atoms with van der Waals surface area (Å²) in [6, 6.07) is 12.9. The summed E-state index contributed by atoms with van der Waals surface area (Å²) in [5.74, 6) is -0.500. The summed E-state index contributed by atoms with van der Waals surface area (Å²) in [7, 11) is 0. The van der Waals surface area contributed by atoms with Gasteiger partial charge in [-0.05, 0) is 35.9 Å². The van der Waals surface area contributed by atoms with Crippen LogP contribution in [-0.4, -0.2) is 33.5 Å². The Morgan fingerprint density at radius 1 is 1.27 bits per heavy atom. The van der Waals surface area contributed by atoms with Crippen molar-refractivity contribution in [2.75, 3.05) is 11.9 Å². The number of H-pyrrole nitrogens is 1. The first kappa shape index (κ1) is 16.6. The molecule has 2 aromatic carbocycles. The van der Waals surface area contributed by atoms with E-state index >= 15 is 0 Å². The van der Waals surface area contributed by atoms with Gasteiger partial charge in [0, 0.05) is 35.6 Å². The molecule has 1 aliphatic rings. The summed E-state index contributed by atoms with van der Waals surface area (Å²) in [5.41, 5.74) is 2.61. The molecule has 1 fully saturated rings. The summed E-state index contributed by atoms with van der Waals surface area (Å²) >= 11 is 5.89. The molecule has 0 aliphatic carbocycles. The van der Waals surface area contributed by atoms with Gasteiger partial charge in [0.1, 0.15) is 0 Å². The molecule has 4 rings (SSSR count). The first-order valence-corrected chi connectivity index (χ1v) is 8.72. The molecule has 132 valence electrons. The highest BCUT2D eigenvalue weighted by Gasteiger charge is 2.34. The molecular weight excluding hydrogens is 352 g/mol. The first-order valence-electron chi connectivity index (χ1n) is 8.35. The third-order valence-electron chi connectivity index (χ3n) is 4.58. The van der Waals surface area contributed by atoms with Crippen molar-refractivity contribution in [2.24, 2.45) is 5.92 Å². The van der Waals surface area contributed by atoms with Crippen molar-refractivity contribution in [3.05, 3.63) is 59.2 Å². The van der Waals surface area contributed by atoms with Crippen LogP contribution < -0.4 is 5.32 Å². The van der Waals surface area contributed by atoms with Crippen LogP contribution in [-0.2, 0) is 16.1 Å². The Kier molecular flexibility index (Phi) is 4.34. The molecule has 26 heavy (non-hydrogen) atoms. The van der Waals surface area contributed by atoms with Gasteiger partial charge in [-0.2, -0.15) is 5.10 Å². The molecule has 3 aromatic rings. The van der Waals surface area contributed by atoms with Gasteiger partial charge in [0.2, 0.25) is 11.8 Å². The monoisotopic (exact) mass is 368 g/mol.